The molecule has 0 amide bonds. The molecular weight excluding hydrogens is 354 g/mol. The quantitative estimate of drug-likeness (QED) is 0.755. The van der Waals surface area contributed by atoms with E-state index in [0.717, 1.165) is 13.1 Å². The van der Waals surface area contributed by atoms with E-state index >= 15 is 0 Å². The van der Waals surface area contributed by atoms with Gasteiger partial charge in [-0.25, -0.2) is 16.8 Å². The second kappa shape index (κ2) is 7.60. The fraction of sp³-hybridized carbons (Fsp3) is 1.00. The number of alkyl halides is 6. The van der Waals surface area contributed by atoms with Gasteiger partial charge in [-0.3, -0.25) is 0 Å². The third-order valence-electron chi connectivity index (χ3n) is 1.91. The number of hydrogen-bond acceptors (Lipinski definition) is 5. The van der Waals surface area contributed by atoms with Crippen LogP contribution in [0.1, 0.15) is 13.8 Å². The smallest absolute Gasteiger partial charge is 0.307 e. The lowest BCUT2D eigenvalue weighted by Crippen LogP contribution is -2.45. The Hall–Kier alpha value is -0.600. The monoisotopic (exact) mass is 368 g/mol. The SMILES string of the molecule is CCN(C)CC.O=S(=O)(NS(=O)(=O)C(F)(F)F)C(F)(F)F. The van der Waals surface area contributed by atoms with E-state index in [1.54, 1.807) is 0 Å². The van der Waals surface area contributed by atoms with Crippen molar-refractivity contribution >= 4 is 20.0 Å². The van der Waals surface area contributed by atoms with Gasteiger partial charge < -0.3 is 4.90 Å². The van der Waals surface area contributed by atoms with Gasteiger partial charge in [0.15, 0.2) is 0 Å². The van der Waals surface area contributed by atoms with E-state index in [2.05, 4.69) is 25.8 Å². The van der Waals surface area contributed by atoms with Crippen LogP contribution in [0.2, 0.25) is 0 Å². The van der Waals surface area contributed by atoms with Gasteiger partial charge >= 0.3 is 31.1 Å². The minimum atomic E-state index is -6.60. The predicted octanol–water partition coefficient (Wildman–Crippen LogP) is 1.23. The fourth-order valence-corrected chi connectivity index (χ4v) is 2.37. The molecule has 0 bridgehead atoms. The highest BCUT2D eigenvalue weighted by atomic mass is 32.3. The molecule has 130 valence electrons. The van der Waals surface area contributed by atoms with Crippen LogP contribution in [-0.2, 0) is 20.0 Å². The first-order valence-electron chi connectivity index (χ1n) is 5.11. The lowest BCUT2D eigenvalue weighted by atomic mass is 10.6. The molecule has 0 aliphatic carbocycles. The van der Waals surface area contributed by atoms with Gasteiger partial charge in [-0.2, -0.15) is 26.3 Å². The first-order valence-corrected chi connectivity index (χ1v) is 8.08. The Morgan fingerprint density at radius 2 is 1.05 bits per heavy atom. The topological polar surface area (TPSA) is 83.6 Å². The number of halogens is 6. The van der Waals surface area contributed by atoms with Crippen molar-refractivity contribution in [2.75, 3.05) is 20.1 Å². The molecule has 1 N–H and O–H groups in total. The summed E-state index contributed by atoms with van der Waals surface area (Å²) in [4.78, 5) is 2.25. The van der Waals surface area contributed by atoms with Crippen LogP contribution >= 0.6 is 0 Å². The maximum Gasteiger partial charge on any atom is 0.512 e. The average Bonchev–Trinajstić information content (AvgIpc) is 2.24. The summed E-state index contributed by atoms with van der Waals surface area (Å²) < 4.78 is 108. The normalized spacial score (nSPS) is 13.8. The summed E-state index contributed by atoms with van der Waals surface area (Å²) in [6.07, 6.45) is 0. The Bertz CT molecular complexity index is 464. The van der Waals surface area contributed by atoms with Crippen LogP contribution in [0.4, 0.5) is 26.3 Å². The third kappa shape index (κ3) is 7.82. The van der Waals surface area contributed by atoms with E-state index in [1.165, 1.54) is 0 Å². The standard InChI is InChI=1S/C5H13N.C2HF6NO4S2/c1-4-6(3)5-2;3-1(4,5)14(10,11)9-15(12,13)2(6,7)8/h4-5H2,1-3H3;9H. The Kier molecular flexibility index (Phi) is 8.21. The molecule has 0 atom stereocenters. The first-order chi connectivity index (χ1) is 9.02. The maximum absolute atomic E-state index is 11.5. The Balaban J connectivity index is 0. The highest BCUT2D eigenvalue weighted by Crippen LogP contribution is 2.27. The molecule has 0 aromatic heterocycles. The molecule has 0 rings (SSSR count). The number of nitrogens with zero attached hydrogens (tertiary/aromatic N) is 1. The molecule has 0 aromatic carbocycles. The Morgan fingerprint density at radius 3 is 1.14 bits per heavy atom. The zero-order valence-electron chi connectivity index (χ0n) is 11.1. The first kappa shape index (κ1) is 22.7. The van der Waals surface area contributed by atoms with Gasteiger partial charge in [-0.05, 0) is 20.1 Å². The number of sulfonamides is 2. The van der Waals surface area contributed by atoms with E-state index < -0.39 is 35.2 Å². The van der Waals surface area contributed by atoms with Crippen molar-refractivity contribution in [1.82, 2.24) is 9.03 Å². The van der Waals surface area contributed by atoms with Crippen LogP contribution in [0.5, 0.6) is 0 Å². The molecule has 21 heavy (non-hydrogen) atoms. The molecule has 0 aliphatic heterocycles. The van der Waals surface area contributed by atoms with Crippen molar-refractivity contribution in [3.63, 3.8) is 0 Å². The largest absolute Gasteiger partial charge is 0.512 e. The third-order valence-corrected chi connectivity index (χ3v) is 4.88. The average molecular weight is 368 g/mol. The molecule has 0 aliphatic rings. The second-order valence-electron chi connectivity index (χ2n) is 3.47. The van der Waals surface area contributed by atoms with Crippen LogP contribution in [0.25, 0.3) is 0 Å². The number of rotatable bonds is 4. The van der Waals surface area contributed by atoms with Crippen molar-refractivity contribution in [2.45, 2.75) is 24.9 Å². The number of hydrogen-bond donors (Lipinski definition) is 1. The van der Waals surface area contributed by atoms with E-state index in [1.807, 2.05) is 0 Å². The molecule has 0 heterocycles. The van der Waals surface area contributed by atoms with E-state index in [4.69, 9.17) is 0 Å². The van der Waals surface area contributed by atoms with Gasteiger partial charge in [-0.15, -0.1) is 0 Å². The highest BCUT2D eigenvalue weighted by Gasteiger charge is 2.55. The van der Waals surface area contributed by atoms with Gasteiger partial charge in [0.1, 0.15) is 0 Å². The molecule has 0 radical (unpaired) electrons. The predicted molar refractivity (Wildman–Crippen MR) is 61.9 cm³/mol. The zero-order chi connectivity index (χ0) is 17.7. The van der Waals surface area contributed by atoms with Crippen LogP contribution in [-0.4, -0.2) is 52.9 Å². The van der Waals surface area contributed by atoms with Crippen molar-refractivity contribution in [2.24, 2.45) is 0 Å². The molecule has 0 unspecified atom stereocenters. The van der Waals surface area contributed by atoms with Gasteiger partial charge in [-0.1, -0.05) is 18.0 Å². The Labute approximate surface area is 118 Å². The molecule has 0 aromatic rings. The Morgan fingerprint density at radius 1 is 0.810 bits per heavy atom. The van der Waals surface area contributed by atoms with Gasteiger partial charge in [0.05, 0.1) is 0 Å². The van der Waals surface area contributed by atoms with Crippen LogP contribution < -0.4 is 4.13 Å². The summed E-state index contributed by atoms with van der Waals surface area (Å²) in [6, 6.07) is 0. The van der Waals surface area contributed by atoms with Crippen molar-refractivity contribution in [3.05, 3.63) is 0 Å². The highest BCUT2D eigenvalue weighted by molar-refractivity contribution is 8.05. The van der Waals surface area contributed by atoms with Gasteiger partial charge in [0, 0.05) is 0 Å². The van der Waals surface area contributed by atoms with Crippen molar-refractivity contribution in [3.8, 4) is 0 Å². The molecule has 0 spiro atoms. The van der Waals surface area contributed by atoms with Gasteiger partial charge in [0.2, 0.25) is 0 Å². The van der Waals surface area contributed by atoms with Crippen LogP contribution in [0.15, 0.2) is 0 Å². The molecular formula is C7H14F6N2O4S2. The molecule has 0 fully saturated rings. The van der Waals surface area contributed by atoms with Gasteiger partial charge in [0.25, 0.3) is 0 Å². The minimum Gasteiger partial charge on any atom is -0.307 e. The number of nitrogens with one attached hydrogen (secondary N) is 1. The molecule has 0 saturated heterocycles. The van der Waals surface area contributed by atoms with Crippen molar-refractivity contribution in [1.29, 1.82) is 0 Å². The maximum atomic E-state index is 11.5. The molecule has 14 heteroatoms. The molecule has 0 saturated carbocycles. The summed E-state index contributed by atoms with van der Waals surface area (Å²) in [5.41, 5.74) is -12.3. The van der Waals surface area contributed by atoms with Crippen LogP contribution in [0.3, 0.4) is 0 Å². The minimum absolute atomic E-state index is 0.493. The summed E-state index contributed by atoms with van der Waals surface area (Å²) in [5, 5.41) is 0. The van der Waals surface area contributed by atoms with Crippen molar-refractivity contribution < 1.29 is 43.2 Å². The summed E-state index contributed by atoms with van der Waals surface area (Å²) >= 11 is 0. The molecule has 6 nitrogen and oxygen atoms in total. The van der Waals surface area contributed by atoms with Crippen LogP contribution in [0, 0.1) is 0 Å². The lowest BCUT2D eigenvalue weighted by Gasteiger charge is -2.11. The summed E-state index contributed by atoms with van der Waals surface area (Å²) in [6.45, 7) is 6.64. The summed E-state index contributed by atoms with van der Waals surface area (Å²) in [5.74, 6) is 0. The zero-order valence-corrected chi connectivity index (χ0v) is 12.7. The van der Waals surface area contributed by atoms with E-state index in [0.29, 0.717) is 0 Å². The van der Waals surface area contributed by atoms with E-state index in [9.17, 15) is 43.2 Å². The fourth-order valence-electron chi connectivity index (χ4n) is 0.463. The lowest BCUT2D eigenvalue weighted by molar-refractivity contribution is -0.0476. The second-order valence-corrected chi connectivity index (χ2v) is 7.08. The summed E-state index contributed by atoms with van der Waals surface area (Å²) in [7, 11) is -11.1. The van der Waals surface area contributed by atoms with E-state index in [-0.39, 0.29) is 0 Å².